The predicted molar refractivity (Wildman–Crippen MR) is 142 cm³/mol. The number of halogens is 1. The molecule has 0 saturated heterocycles. The third-order valence-corrected chi connectivity index (χ3v) is 8.43. The number of aryl methyl sites for hydroxylation is 2. The normalized spacial score (nSPS) is 17.2. The van der Waals surface area contributed by atoms with E-state index in [1.807, 2.05) is 48.3 Å². The van der Waals surface area contributed by atoms with E-state index in [4.69, 9.17) is 0 Å². The molecule has 6 rings (SSSR count). The molecule has 184 valence electrons. The Balaban J connectivity index is 1.49. The first-order chi connectivity index (χ1) is 17.4. The third-order valence-electron chi connectivity index (χ3n) is 7.17. The number of hydrogen-bond donors (Lipinski definition) is 1. The van der Waals surface area contributed by atoms with Crippen molar-refractivity contribution in [3.63, 3.8) is 0 Å². The molecule has 2 aliphatic rings. The van der Waals surface area contributed by atoms with Gasteiger partial charge >= 0.3 is 6.03 Å². The van der Waals surface area contributed by atoms with Gasteiger partial charge in [0, 0.05) is 35.4 Å². The molecule has 1 unspecified atom stereocenters. The minimum Gasteiger partial charge on any atom is -0.310 e. The minimum atomic E-state index is -0.354. The van der Waals surface area contributed by atoms with Gasteiger partial charge < -0.3 is 19.7 Å². The van der Waals surface area contributed by atoms with Gasteiger partial charge in [0.15, 0.2) is 0 Å². The molecule has 1 atom stereocenters. The zero-order valence-electron chi connectivity index (χ0n) is 20.7. The Morgan fingerprint density at radius 3 is 2.53 bits per heavy atom. The van der Waals surface area contributed by atoms with E-state index in [2.05, 4.69) is 40.2 Å². The topological polar surface area (TPSA) is 40.5 Å². The summed E-state index contributed by atoms with van der Waals surface area (Å²) < 4.78 is 16.1. The Morgan fingerprint density at radius 1 is 1.03 bits per heavy atom. The summed E-state index contributed by atoms with van der Waals surface area (Å²) in [6, 6.07) is 16.2. The van der Waals surface area contributed by atoms with Crippen LogP contribution in [0.25, 0.3) is 5.00 Å². The van der Waals surface area contributed by atoms with E-state index in [0.717, 1.165) is 47.6 Å². The van der Waals surface area contributed by atoms with E-state index in [1.54, 1.807) is 12.1 Å². The molecule has 4 aromatic rings. The van der Waals surface area contributed by atoms with Crippen molar-refractivity contribution in [3.8, 4) is 5.00 Å². The lowest BCUT2D eigenvalue weighted by Gasteiger charge is -2.32. The van der Waals surface area contributed by atoms with Gasteiger partial charge in [-0.1, -0.05) is 18.2 Å². The van der Waals surface area contributed by atoms with Crippen LogP contribution in [0.4, 0.5) is 14.9 Å². The van der Waals surface area contributed by atoms with Crippen LogP contribution in [0.2, 0.25) is 0 Å². The van der Waals surface area contributed by atoms with Gasteiger partial charge in [-0.05, 0) is 86.0 Å². The fourth-order valence-corrected chi connectivity index (χ4v) is 7.03. The summed E-state index contributed by atoms with van der Waals surface area (Å²) in [5.41, 5.74) is 7.46. The predicted octanol–water partition coefficient (Wildman–Crippen LogP) is 6.42. The lowest BCUT2D eigenvalue weighted by atomic mass is 10.0. The number of nitrogens with one attached hydrogen (secondary N) is 1. The second-order valence-corrected chi connectivity index (χ2v) is 11.1. The second-order valence-electron chi connectivity index (χ2n) is 9.97. The monoisotopic (exact) mass is 500 g/mol. The smallest absolute Gasteiger partial charge is 0.310 e. The van der Waals surface area contributed by atoms with Crippen LogP contribution < -0.4 is 5.32 Å². The van der Waals surface area contributed by atoms with E-state index in [1.165, 1.54) is 33.1 Å². The molecule has 1 N–H and O–H groups in total. The molecule has 0 saturated carbocycles. The Labute approximate surface area is 214 Å². The molecule has 2 aromatic heterocycles. The molecule has 2 aliphatic heterocycles. The van der Waals surface area contributed by atoms with E-state index < -0.39 is 0 Å². The van der Waals surface area contributed by atoms with Crippen molar-refractivity contribution in [2.24, 2.45) is 0 Å². The number of carbonyl (C=O) groups excluding carboxylic acids is 1. The standard InChI is InChI=1S/C29H29FN4OS/c1-18-13-19(2)15-22(14-18)31-29(35)34-16-24-23-10-12-32(3)17-26(23)36-28(24)33-11-4-5-25(33)27(34)20-6-8-21(30)9-7-20/h4-9,11,13-15,27H,10,12,16-17H2,1-3H3,(H,31,35). The van der Waals surface area contributed by atoms with Gasteiger partial charge in [-0.2, -0.15) is 0 Å². The van der Waals surface area contributed by atoms with Crippen molar-refractivity contribution >= 4 is 23.1 Å². The number of rotatable bonds is 2. The van der Waals surface area contributed by atoms with Gasteiger partial charge in [-0.3, -0.25) is 0 Å². The van der Waals surface area contributed by atoms with Crippen molar-refractivity contribution in [1.82, 2.24) is 14.4 Å². The molecular formula is C29H29FN4OS. The minimum absolute atomic E-state index is 0.164. The number of benzene rings is 2. The number of carbonyl (C=O) groups is 1. The summed E-state index contributed by atoms with van der Waals surface area (Å²) in [5, 5.41) is 4.35. The molecule has 0 spiro atoms. The maximum absolute atomic E-state index is 14.0. The summed E-state index contributed by atoms with van der Waals surface area (Å²) in [6.07, 6.45) is 3.06. The number of amides is 2. The Morgan fingerprint density at radius 2 is 1.78 bits per heavy atom. The fourth-order valence-electron chi connectivity index (χ4n) is 5.59. The van der Waals surface area contributed by atoms with Crippen molar-refractivity contribution in [2.75, 3.05) is 18.9 Å². The first kappa shape index (κ1) is 23.0. The molecule has 0 radical (unpaired) electrons. The molecule has 5 nitrogen and oxygen atoms in total. The number of anilines is 1. The van der Waals surface area contributed by atoms with E-state index in [0.29, 0.717) is 6.54 Å². The van der Waals surface area contributed by atoms with Crippen LogP contribution in [0.15, 0.2) is 60.8 Å². The lowest BCUT2D eigenvalue weighted by molar-refractivity contribution is 0.194. The van der Waals surface area contributed by atoms with E-state index in [-0.39, 0.29) is 17.9 Å². The van der Waals surface area contributed by atoms with Gasteiger partial charge in [0.05, 0.1) is 18.3 Å². The van der Waals surface area contributed by atoms with Crippen molar-refractivity contribution in [2.45, 2.75) is 39.4 Å². The number of likely N-dealkylation sites (N-methyl/N-ethyl adjacent to an activating group) is 1. The molecule has 0 bridgehead atoms. The highest BCUT2D eigenvalue weighted by Crippen LogP contribution is 2.43. The molecule has 0 aliphatic carbocycles. The summed E-state index contributed by atoms with van der Waals surface area (Å²) in [6.45, 7) is 6.49. The SMILES string of the molecule is Cc1cc(C)cc(NC(=O)N2Cc3c(sc4c3CCN(C)C4)-n3cccc3C2c2ccc(F)cc2)c1. The van der Waals surface area contributed by atoms with Gasteiger partial charge in [0.2, 0.25) is 0 Å². The summed E-state index contributed by atoms with van der Waals surface area (Å²) in [7, 11) is 2.16. The molecule has 2 amide bonds. The number of urea groups is 1. The van der Waals surface area contributed by atoms with Crippen LogP contribution in [0, 0.1) is 19.7 Å². The van der Waals surface area contributed by atoms with Crippen molar-refractivity contribution in [1.29, 1.82) is 0 Å². The molecule has 2 aromatic carbocycles. The fraction of sp³-hybridized carbons (Fsp3) is 0.276. The van der Waals surface area contributed by atoms with E-state index >= 15 is 0 Å². The molecule has 0 fully saturated rings. The Kier molecular flexibility index (Phi) is 5.69. The molecule has 4 heterocycles. The van der Waals surface area contributed by atoms with Crippen LogP contribution >= 0.6 is 11.3 Å². The maximum atomic E-state index is 14.0. The molecule has 36 heavy (non-hydrogen) atoms. The first-order valence-corrected chi connectivity index (χ1v) is 13.1. The van der Waals surface area contributed by atoms with Crippen LogP contribution in [-0.2, 0) is 19.5 Å². The third kappa shape index (κ3) is 4.02. The zero-order valence-corrected chi connectivity index (χ0v) is 21.5. The van der Waals surface area contributed by atoms with Gasteiger partial charge in [-0.15, -0.1) is 11.3 Å². The Bertz CT molecular complexity index is 1430. The van der Waals surface area contributed by atoms with Crippen molar-refractivity contribution < 1.29 is 9.18 Å². The highest BCUT2D eigenvalue weighted by molar-refractivity contribution is 7.15. The first-order valence-electron chi connectivity index (χ1n) is 12.3. The highest BCUT2D eigenvalue weighted by Gasteiger charge is 2.36. The summed E-state index contributed by atoms with van der Waals surface area (Å²) in [4.78, 5) is 19.6. The van der Waals surface area contributed by atoms with E-state index in [9.17, 15) is 9.18 Å². The van der Waals surface area contributed by atoms with Crippen LogP contribution in [-0.4, -0.2) is 34.0 Å². The number of fused-ring (bicyclic) bond motifs is 5. The van der Waals surface area contributed by atoms with Crippen LogP contribution in [0.5, 0.6) is 0 Å². The van der Waals surface area contributed by atoms with Crippen molar-refractivity contribution in [3.05, 3.63) is 105 Å². The average Bonchev–Trinajstić information content (AvgIpc) is 3.40. The van der Waals surface area contributed by atoms with Crippen LogP contribution in [0.3, 0.4) is 0 Å². The largest absolute Gasteiger partial charge is 0.322 e. The number of thiophene rings is 1. The number of hydrogen-bond acceptors (Lipinski definition) is 3. The summed E-state index contributed by atoms with van der Waals surface area (Å²) >= 11 is 1.83. The van der Waals surface area contributed by atoms with Gasteiger partial charge in [0.1, 0.15) is 10.8 Å². The number of aromatic nitrogens is 1. The van der Waals surface area contributed by atoms with Crippen LogP contribution in [0.1, 0.15) is 44.4 Å². The maximum Gasteiger partial charge on any atom is 0.322 e. The zero-order chi connectivity index (χ0) is 25.0. The Hall–Kier alpha value is -3.42. The summed E-state index contributed by atoms with van der Waals surface area (Å²) in [5.74, 6) is -0.286. The molecular weight excluding hydrogens is 471 g/mol. The molecule has 7 heteroatoms. The second kappa shape index (κ2) is 8.91. The highest BCUT2D eigenvalue weighted by atomic mass is 32.1. The van der Waals surface area contributed by atoms with Gasteiger partial charge in [-0.25, -0.2) is 9.18 Å². The quantitative estimate of drug-likeness (QED) is 0.345. The number of nitrogens with zero attached hydrogens (tertiary/aromatic N) is 3. The van der Waals surface area contributed by atoms with Gasteiger partial charge in [0.25, 0.3) is 0 Å². The lowest BCUT2D eigenvalue weighted by Crippen LogP contribution is -2.38. The average molecular weight is 501 g/mol.